The van der Waals surface area contributed by atoms with Gasteiger partial charge in [-0.2, -0.15) is 0 Å². The van der Waals surface area contributed by atoms with Gasteiger partial charge in [0.05, 0.1) is 11.3 Å². The molecule has 1 aliphatic heterocycles. The standard InChI is InChI=1S/C28H28N3O5PS/c29-23(27(35)30-17-26(33)34)18-38-24-16-25(32)31(28(24)36)19-37(20-10-4-1-5-11-20,21-12-6-2-7-13-21)22-14-8-3-9-15-22/h1-15,23-24H,16-19,29H2,(H-,30,33,34,35)/p+1/t23-,24?/m0/s1. The summed E-state index contributed by atoms with van der Waals surface area (Å²) in [6, 6.07) is 29.0. The molecule has 38 heavy (non-hydrogen) atoms. The zero-order chi connectivity index (χ0) is 27.1. The highest BCUT2D eigenvalue weighted by Crippen LogP contribution is 2.56. The zero-order valence-electron chi connectivity index (χ0n) is 20.6. The molecule has 1 unspecified atom stereocenters. The van der Waals surface area contributed by atoms with E-state index in [1.807, 2.05) is 54.6 Å². The minimum Gasteiger partial charge on any atom is -0.480 e. The Kier molecular flexibility index (Phi) is 8.94. The number of nitrogens with two attached hydrogens (primary N) is 1. The number of rotatable bonds is 11. The molecule has 1 saturated heterocycles. The van der Waals surface area contributed by atoms with Crippen molar-refractivity contribution in [3.05, 3.63) is 91.0 Å². The number of hydrogen-bond acceptors (Lipinski definition) is 6. The number of likely N-dealkylation sites (tertiary alicyclic amines) is 1. The van der Waals surface area contributed by atoms with Crippen molar-refractivity contribution in [2.45, 2.75) is 17.7 Å². The first kappa shape index (κ1) is 27.5. The van der Waals surface area contributed by atoms with E-state index in [4.69, 9.17) is 10.8 Å². The van der Waals surface area contributed by atoms with E-state index < -0.39 is 37.0 Å². The lowest BCUT2D eigenvalue weighted by atomic mass is 10.3. The van der Waals surface area contributed by atoms with Crippen molar-refractivity contribution in [2.75, 3.05) is 18.6 Å². The van der Waals surface area contributed by atoms with Crippen LogP contribution >= 0.6 is 19.0 Å². The normalized spacial score (nSPS) is 16.3. The molecule has 3 aromatic rings. The smallest absolute Gasteiger partial charge is 0.322 e. The number of carbonyl (C=O) groups is 4. The van der Waals surface area contributed by atoms with Gasteiger partial charge in [0, 0.05) is 12.2 Å². The molecule has 0 saturated carbocycles. The molecule has 8 nitrogen and oxygen atoms in total. The molecule has 0 spiro atoms. The van der Waals surface area contributed by atoms with E-state index >= 15 is 0 Å². The maximum absolute atomic E-state index is 13.6. The predicted molar refractivity (Wildman–Crippen MR) is 151 cm³/mol. The van der Waals surface area contributed by atoms with Crippen molar-refractivity contribution in [3.63, 3.8) is 0 Å². The van der Waals surface area contributed by atoms with E-state index in [1.165, 1.54) is 4.90 Å². The Labute approximate surface area is 225 Å². The molecule has 196 valence electrons. The molecular weight excluding hydrogens is 521 g/mol. The zero-order valence-corrected chi connectivity index (χ0v) is 22.3. The second-order valence-corrected chi connectivity index (χ2v) is 13.5. The third kappa shape index (κ3) is 5.96. The summed E-state index contributed by atoms with van der Waals surface area (Å²) in [4.78, 5) is 50.9. The number of carboxylic acid groups (broad SMARTS) is 1. The third-order valence-electron chi connectivity index (χ3n) is 6.37. The van der Waals surface area contributed by atoms with Crippen molar-refractivity contribution in [2.24, 2.45) is 5.73 Å². The van der Waals surface area contributed by atoms with Gasteiger partial charge in [0.25, 0.3) is 0 Å². The number of carboxylic acids is 1. The number of nitrogens with one attached hydrogen (secondary N) is 1. The van der Waals surface area contributed by atoms with Gasteiger partial charge in [-0.15, -0.1) is 11.8 Å². The van der Waals surface area contributed by atoms with Crippen molar-refractivity contribution >= 4 is 58.6 Å². The lowest BCUT2D eigenvalue weighted by Crippen LogP contribution is -2.44. The Bertz CT molecular complexity index is 1200. The molecule has 0 aliphatic carbocycles. The molecule has 4 rings (SSSR count). The quantitative estimate of drug-likeness (QED) is 0.243. The van der Waals surface area contributed by atoms with Crippen LogP contribution in [-0.4, -0.2) is 63.6 Å². The second kappa shape index (κ2) is 12.3. The Balaban J connectivity index is 1.62. The molecule has 1 heterocycles. The van der Waals surface area contributed by atoms with Crippen LogP contribution in [0, 0.1) is 0 Å². The van der Waals surface area contributed by atoms with E-state index in [0.717, 1.165) is 27.7 Å². The highest BCUT2D eigenvalue weighted by Gasteiger charge is 2.52. The van der Waals surface area contributed by atoms with Crippen LogP contribution in [0.4, 0.5) is 0 Å². The van der Waals surface area contributed by atoms with Gasteiger partial charge in [-0.25, -0.2) is 4.90 Å². The first-order valence-electron chi connectivity index (χ1n) is 12.1. The molecule has 10 heteroatoms. The number of carbonyl (C=O) groups excluding carboxylic acids is 3. The molecule has 2 atom stereocenters. The summed E-state index contributed by atoms with van der Waals surface area (Å²) >= 11 is 1.15. The minimum absolute atomic E-state index is 0.0192. The number of nitrogens with zero attached hydrogens (tertiary/aromatic N) is 1. The third-order valence-corrected chi connectivity index (χ3v) is 11.9. The molecule has 0 aromatic heterocycles. The molecule has 1 aliphatic rings. The molecule has 0 radical (unpaired) electrons. The topological polar surface area (TPSA) is 130 Å². The fraction of sp³-hybridized carbons (Fsp3) is 0.214. The van der Waals surface area contributed by atoms with E-state index in [-0.39, 0.29) is 30.3 Å². The van der Waals surface area contributed by atoms with E-state index in [1.54, 1.807) is 0 Å². The maximum Gasteiger partial charge on any atom is 0.322 e. The Morgan fingerprint density at radius 3 is 1.84 bits per heavy atom. The summed E-state index contributed by atoms with van der Waals surface area (Å²) in [6.45, 7) is -0.532. The van der Waals surface area contributed by atoms with Crippen LogP contribution in [0.25, 0.3) is 0 Å². The molecule has 1 fully saturated rings. The maximum atomic E-state index is 13.6. The van der Waals surface area contributed by atoms with Crippen molar-refractivity contribution < 1.29 is 24.3 Å². The van der Waals surface area contributed by atoms with Gasteiger partial charge < -0.3 is 16.2 Å². The highest BCUT2D eigenvalue weighted by atomic mass is 32.2. The van der Waals surface area contributed by atoms with Crippen LogP contribution in [0.15, 0.2) is 91.0 Å². The van der Waals surface area contributed by atoms with E-state index in [9.17, 15) is 19.2 Å². The number of hydrogen-bond donors (Lipinski definition) is 3. The van der Waals surface area contributed by atoms with Gasteiger partial charge >= 0.3 is 5.97 Å². The fourth-order valence-electron chi connectivity index (χ4n) is 4.47. The van der Waals surface area contributed by atoms with E-state index in [2.05, 4.69) is 41.7 Å². The first-order chi connectivity index (χ1) is 18.3. The highest BCUT2D eigenvalue weighted by molar-refractivity contribution is 8.00. The molecule has 3 aromatic carbocycles. The summed E-state index contributed by atoms with van der Waals surface area (Å²) < 4.78 is 0. The van der Waals surface area contributed by atoms with Crippen LogP contribution in [0.1, 0.15) is 6.42 Å². The van der Waals surface area contributed by atoms with Crippen LogP contribution in [-0.2, 0) is 19.2 Å². The van der Waals surface area contributed by atoms with Crippen LogP contribution < -0.4 is 27.0 Å². The van der Waals surface area contributed by atoms with Gasteiger partial charge in [0.2, 0.25) is 17.7 Å². The molecule has 3 amide bonds. The fourth-order valence-corrected chi connectivity index (χ4v) is 9.74. The largest absolute Gasteiger partial charge is 0.480 e. The Morgan fingerprint density at radius 2 is 1.39 bits per heavy atom. The van der Waals surface area contributed by atoms with Gasteiger partial charge in [-0.05, 0) is 36.4 Å². The predicted octanol–water partition coefficient (Wildman–Crippen LogP) is 1.33. The summed E-state index contributed by atoms with van der Waals surface area (Å²) in [5.41, 5.74) is 5.90. The second-order valence-electron chi connectivity index (χ2n) is 8.86. The summed E-state index contributed by atoms with van der Waals surface area (Å²) in [5, 5.41) is 13.5. The number of amides is 3. The minimum atomic E-state index is -2.45. The molecular formula is C28H29N3O5PS+. The Morgan fingerprint density at radius 1 is 0.921 bits per heavy atom. The van der Waals surface area contributed by atoms with Gasteiger partial charge in [0.15, 0.2) is 6.29 Å². The number of imide groups is 1. The summed E-state index contributed by atoms with van der Waals surface area (Å²) in [6.07, 6.45) is 0.246. The van der Waals surface area contributed by atoms with Crippen molar-refractivity contribution in [3.8, 4) is 0 Å². The van der Waals surface area contributed by atoms with E-state index in [0.29, 0.717) is 0 Å². The summed E-state index contributed by atoms with van der Waals surface area (Å²) in [7, 11) is -2.45. The number of aliphatic carboxylic acids is 1. The average molecular weight is 551 g/mol. The number of thioether (sulfide) groups is 1. The lowest BCUT2D eigenvalue weighted by Gasteiger charge is -2.30. The number of benzene rings is 3. The monoisotopic (exact) mass is 550 g/mol. The molecule has 4 N–H and O–H groups in total. The van der Waals surface area contributed by atoms with Crippen LogP contribution in [0.2, 0.25) is 0 Å². The van der Waals surface area contributed by atoms with Gasteiger partial charge in [-0.3, -0.25) is 19.2 Å². The first-order valence-corrected chi connectivity index (χ1v) is 15.1. The van der Waals surface area contributed by atoms with Gasteiger partial charge in [-0.1, -0.05) is 54.6 Å². The average Bonchev–Trinajstić information content (AvgIpc) is 3.21. The molecule has 0 bridgehead atoms. The van der Waals surface area contributed by atoms with Crippen LogP contribution in [0.5, 0.6) is 0 Å². The SMILES string of the molecule is N[C@@H](CSC1CC(=O)N(C[P+](c2ccccc2)(c2ccccc2)c2ccccc2)C1=O)C(=O)NCC(=O)O. The van der Waals surface area contributed by atoms with Crippen molar-refractivity contribution in [1.29, 1.82) is 0 Å². The Hall–Kier alpha value is -3.52. The van der Waals surface area contributed by atoms with Crippen LogP contribution in [0.3, 0.4) is 0 Å². The van der Waals surface area contributed by atoms with Crippen molar-refractivity contribution in [1.82, 2.24) is 10.2 Å². The summed E-state index contributed by atoms with van der Waals surface area (Å²) in [5.74, 6) is -2.27. The van der Waals surface area contributed by atoms with Gasteiger partial charge in [0.1, 0.15) is 29.7 Å². The lowest BCUT2D eigenvalue weighted by molar-refractivity contribution is -0.138.